The second-order valence-corrected chi connectivity index (χ2v) is 15.4. The zero-order chi connectivity index (χ0) is 46.4. The highest BCUT2D eigenvalue weighted by Gasteiger charge is 2.17. The van der Waals surface area contributed by atoms with Gasteiger partial charge in [0, 0.05) is 11.1 Å². The summed E-state index contributed by atoms with van der Waals surface area (Å²) in [6, 6.07) is 67.3. The van der Waals surface area contributed by atoms with Crippen LogP contribution in [0.25, 0.3) is 44.5 Å². The molecule has 67 heavy (non-hydrogen) atoms. The van der Waals surface area contributed by atoms with Crippen LogP contribution >= 0.6 is 0 Å². The molecule has 0 atom stereocenters. The molecule has 9 aromatic carbocycles. The molecule has 0 amide bonds. The molecule has 8 heteroatoms. The summed E-state index contributed by atoms with van der Waals surface area (Å²) >= 11 is 0. The molecule has 6 nitrogen and oxygen atoms in total. The molecule has 0 spiro atoms. The molecule has 0 aromatic heterocycles. The van der Waals surface area contributed by atoms with E-state index in [-0.39, 0.29) is 23.8 Å². The summed E-state index contributed by atoms with van der Waals surface area (Å²) in [7, 11) is 0. The van der Waals surface area contributed by atoms with Gasteiger partial charge in [-0.2, -0.15) is 0 Å². The zero-order valence-electron chi connectivity index (χ0n) is 36.2. The number of hydrogen-bond acceptors (Lipinski definition) is 5. The van der Waals surface area contributed by atoms with Crippen molar-refractivity contribution in [2.45, 2.75) is 19.8 Å². The number of carbonyl (C=O) groups is 2. The van der Waals surface area contributed by atoms with E-state index in [1.807, 2.05) is 158 Å². The van der Waals surface area contributed by atoms with Crippen molar-refractivity contribution in [3.05, 3.63) is 264 Å². The number of rotatable bonds is 14. The predicted octanol–water partition coefficient (Wildman–Crippen LogP) is 14.5. The Bertz CT molecular complexity index is 3100. The standard InChI is InChI=1S/C33H25FO3.C26H19FO3/c34-28-18-19-32(36-22-24-10-3-1-4-11-24)31(21-28)30-17-8-7-16-29(30)26-14-9-15-27(20-26)33(35)37-23-25-12-5-2-6-13-25;27-21-13-14-25(30-17-18-7-2-1-3-8-18)24(16-21)23-12-5-4-11-22(23)19-9-6-10-20(15-19)26(28)29/h1-21H,22-23H2;1-16H,17H2,(H,28,29). The van der Waals surface area contributed by atoms with Crippen LogP contribution in [0.3, 0.4) is 0 Å². The first kappa shape index (κ1) is 45.0. The minimum Gasteiger partial charge on any atom is -0.488 e. The normalized spacial score (nSPS) is 10.6. The molecule has 0 aliphatic carbocycles. The summed E-state index contributed by atoms with van der Waals surface area (Å²) in [6.07, 6.45) is 0. The summed E-state index contributed by atoms with van der Waals surface area (Å²) < 4.78 is 46.2. The quantitative estimate of drug-likeness (QED) is 0.110. The molecule has 0 radical (unpaired) electrons. The van der Waals surface area contributed by atoms with Gasteiger partial charge in [0.25, 0.3) is 0 Å². The number of benzene rings is 9. The Morgan fingerprint density at radius 1 is 0.373 bits per heavy atom. The van der Waals surface area contributed by atoms with Crippen molar-refractivity contribution < 1.29 is 37.7 Å². The van der Waals surface area contributed by atoms with E-state index >= 15 is 0 Å². The topological polar surface area (TPSA) is 82.1 Å². The number of halogens is 2. The maximum atomic E-state index is 14.4. The zero-order valence-corrected chi connectivity index (χ0v) is 36.2. The fourth-order valence-corrected chi connectivity index (χ4v) is 7.53. The Morgan fingerprint density at radius 2 is 0.761 bits per heavy atom. The molecule has 1 N–H and O–H groups in total. The highest BCUT2D eigenvalue weighted by Crippen LogP contribution is 2.40. The van der Waals surface area contributed by atoms with Crippen molar-refractivity contribution in [1.29, 1.82) is 0 Å². The summed E-state index contributed by atoms with van der Waals surface area (Å²) in [6.45, 7) is 0.923. The highest BCUT2D eigenvalue weighted by molar-refractivity contribution is 5.94. The maximum Gasteiger partial charge on any atom is 0.338 e. The van der Waals surface area contributed by atoms with Crippen LogP contribution < -0.4 is 9.47 Å². The SMILES string of the molecule is O=C(O)c1cccc(-c2ccccc2-c2cc(F)ccc2OCc2ccccc2)c1.O=C(OCc1ccccc1)c1cccc(-c2ccccc2-c2cc(F)ccc2OCc2ccccc2)c1. The van der Waals surface area contributed by atoms with Gasteiger partial charge in [0.15, 0.2) is 0 Å². The van der Waals surface area contributed by atoms with E-state index in [0.717, 1.165) is 50.1 Å². The molecule has 330 valence electrons. The van der Waals surface area contributed by atoms with Crippen LogP contribution in [0.2, 0.25) is 0 Å². The first-order chi connectivity index (χ1) is 32.8. The number of aromatic carboxylic acids is 1. The summed E-state index contributed by atoms with van der Waals surface area (Å²) in [5, 5.41) is 9.33. The van der Waals surface area contributed by atoms with Crippen molar-refractivity contribution in [1.82, 2.24) is 0 Å². The van der Waals surface area contributed by atoms with Gasteiger partial charge in [-0.3, -0.25) is 0 Å². The van der Waals surface area contributed by atoms with Gasteiger partial charge in [-0.1, -0.05) is 164 Å². The third kappa shape index (κ3) is 11.8. The van der Waals surface area contributed by atoms with Gasteiger partial charge >= 0.3 is 11.9 Å². The molecular formula is C59H44F2O6. The molecule has 0 bridgehead atoms. The van der Waals surface area contributed by atoms with Crippen LogP contribution in [0.15, 0.2) is 224 Å². The van der Waals surface area contributed by atoms with E-state index in [9.17, 15) is 23.5 Å². The lowest BCUT2D eigenvalue weighted by Crippen LogP contribution is -2.05. The van der Waals surface area contributed by atoms with Gasteiger partial charge in [-0.05, 0) is 111 Å². The Morgan fingerprint density at radius 3 is 1.21 bits per heavy atom. The van der Waals surface area contributed by atoms with Gasteiger partial charge in [-0.25, -0.2) is 18.4 Å². The second kappa shape index (κ2) is 21.8. The minimum atomic E-state index is -0.994. The van der Waals surface area contributed by atoms with Crippen molar-refractivity contribution >= 4 is 11.9 Å². The monoisotopic (exact) mass is 886 g/mol. The molecule has 0 aliphatic rings. The van der Waals surface area contributed by atoms with Crippen molar-refractivity contribution in [2.24, 2.45) is 0 Å². The lowest BCUT2D eigenvalue weighted by atomic mass is 9.93. The van der Waals surface area contributed by atoms with E-state index in [1.165, 1.54) is 24.3 Å². The van der Waals surface area contributed by atoms with E-state index in [1.54, 1.807) is 42.5 Å². The highest BCUT2D eigenvalue weighted by atomic mass is 19.1. The van der Waals surface area contributed by atoms with Crippen LogP contribution in [0.1, 0.15) is 37.4 Å². The van der Waals surface area contributed by atoms with Gasteiger partial charge < -0.3 is 19.3 Å². The van der Waals surface area contributed by atoms with Crippen LogP contribution in [0, 0.1) is 11.6 Å². The van der Waals surface area contributed by atoms with Crippen LogP contribution in [-0.2, 0) is 24.6 Å². The smallest absolute Gasteiger partial charge is 0.338 e. The lowest BCUT2D eigenvalue weighted by Gasteiger charge is -2.16. The number of hydrogen-bond donors (Lipinski definition) is 1. The molecule has 0 fully saturated rings. The maximum absolute atomic E-state index is 14.4. The number of carboxylic acid groups (broad SMARTS) is 1. The van der Waals surface area contributed by atoms with Gasteiger partial charge in [-0.15, -0.1) is 0 Å². The third-order valence-corrected chi connectivity index (χ3v) is 10.8. The summed E-state index contributed by atoms with van der Waals surface area (Å²) in [5.41, 5.74) is 9.64. The average molecular weight is 887 g/mol. The molecule has 9 aromatic rings. The van der Waals surface area contributed by atoms with E-state index in [2.05, 4.69) is 0 Å². The summed E-state index contributed by atoms with van der Waals surface area (Å²) in [4.78, 5) is 24.2. The number of esters is 1. The van der Waals surface area contributed by atoms with Gasteiger partial charge in [0.05, 0.1) is 11.1 Å². The Balaban J connectivity index is 0.000000186. The summed E-state index contributed by atoms with van der Waals surface area (Å²) in [5.74, 6) is -0.979. The van der Waals surface area contributed by atoms with E-state index < -0.39 is 11.9 Å². The average Bonchev–Trinajstić information content (AvgIpc) is 3.38. The third-order valence-electron chi connectivity index (χ3n) is 10.8. The molecule has 0 saturated heterocycles. The number of carboxylic acids is 1. The van der Waals surface area contributed by atoms with Gasteiger partial charge in [0.2, 0.25) is 0 Å². The number of ether oxygens (including phenoxy) is 3. The van der Waals surface area contributed by atoms with Crippen molar-refractivity contribution in [2.75, 3.05) is 0 Å². The number of carbonyl (C=O) groups excluding carboxylic acids is 1. The van der Waals surface area contributed by atoms with E-state index in [0.29, 0.717) is 41.4 Å². The second-order valence-electron chi connectivity index (χ2n) is 15.4. The van der Waals surface area contributed by atoms with Crippen molar-refractivity contribution in [3.63, 3.8) is 0 Å². The first-order valence-corrected chi connectivity index (χ1v) is 21.6. The Labute approximate surface area is 388 Å². The van der Waals surface area contributed by atoms with Crippen molar-refractivity contribution in [3.8, 4) is 56.0 Å². The molecular weight excluding hydrogens is 843 g/mol. The van der Waals surface area contributed by atoms with Crippen LogP contribution in [0.5, 0.6) is 11.5 Å². The largest absolute Gasteiger partial charge is 0.488 e. The van der Waals surface area contributed by atoms with Crippen LogP contribution in [0.4, 0.5) is 8.78 Å². The lowest BCUT2D eigenvalue weighted by molar-refractivity contribution is 0.0472. The predicted molar refractivity (Wildman–Crippen MR) is 259 cm³/mol. The molecule has 0 aliphatic heterocycles. The Kier molecular flexibility index (Phi) is 14.7. The molecule has 0 heterocycles. The molecule has 0 saturated carbocycles. The molecule has 0 unspecified atom stereocenters. The fraction of sp³-hybridized carbons (Fsp3) is 0.0508. The minimum absolute atomic E-state index is 0.196. The van der Waals surface area contributed by atoms with E-state index in [4.69, 9.17) is 14.2 Å². The van der Waals surface area contributed by atoms with Crippen LogP contribution in [-0.4, -0.2) is 17.0 Å². The fourth-order valence-electron chi connectivity index (χ4n) is 7.53. The van der Waals surface area contributed by atoms with Gasteiger partial charge in [0.1, 0.15) is 43.0 Å². The molecule has 9 rings (SSSR count). The Hall–Kier alpha value is -8.62. The first-order valence-electron chi connectivity index (χ1n) is 21.6.